The first kappa shape index (κ1) is 28.7. The molecule has 40 heavy (non-hydrogen) atoms. The van der Waals surface area contributed by atoms with Gasteiger partial charge < -0.3 is 19.3 Å². The molecular formula is C33H34BrClO5. The van der Waals surface area contributed by atoms with Crippen LogP contribution in [0.5, 0.6) is 17.2 Å². The summed E-state index contributed by atoms with van der Waals surface area (Å²) in [5, 5.41) is 10.1. The number of ether oxygens (including phenoxy) is 3. The Kier molecular flexibility index (Phi) is 9.19. The number of hydrogen-bond donors (Lipinski definition) is 1. The zero-order valence-electron chi connectivity index (χ0n) is 22.5. The molecule has 2 fully saturated rings. The maximum Gasteiger partial charge on any atom is 0.341 e. The highest BCUT2D eigenvalue weighted by Crippen LogP contribution is 2.52. The Morgan fingerprint density at radius 1 is 1.05 bits per heavy atom. The summed E-state index contributed by atoms with van der Waals surface area (Å²) < 4.78 is 20.1. The molecule has 1 saturated heterocycles. The summed E-state index contributed by atoms with van der Waals surface area (Å²) in [6.45, 7) is 5.95. The zero-order valence-corrected chi connectivity index (χ0v) is 24.9. The Labute approximate surface area is 249 Å². The van der Waals surface area contributed by atoms with E-state index in [1.54, 1.807) is 12.1 Å². The van der Waals surface area contributed by atoms with Crippen molar-refractivity contribution in [3.8, 4) is 17.2 Å². The fraction of sp³-hybridized carbons (Fsp3) is 0.364. The molecule has 0 unspecified atom stereocenters. The van der Waals surface area contributed by atoms with Crippen molar-refractivity contribution in [1.82, 2.24) is 0 Å². The second kappa shape index (κ2) is 12.8. The minimum atomic E-state index is -1.03. The third-order valence-corrected chi connectivity index (χ3v) is 8.84. The van der Waals surface area contributed by atoms with E-state index < -0.39 is 12.6 Å². The van der Waals surface area contributed by atoms with Crippen molar-refractivity contribution in [1.29, 1.82) is 0 Å². The Bertz CT molecular complexity index is 1330. The van der Waals surface area contributed by atoms with Crippen LogP contribution in [0.2, 0.25) is 5.02 Å². The SMILES string of the molecule is C=C(C)[C@@H]1C[C@@H](c2ccc(Cl)cc2)[C@@H](C2CCCC2)O[C@H]1c1cc(Oc2ccc(Br)cc2)ccc1OCC(=O)O. The lowest BCUT2D eigenvalue weighted by molar-refractivity contribution is -0.139. The molecule has 7 heteroatoms. The molecule has 3 aromatic rings. The Morgan fingerprint density at radius 3 is 2.38 bits per heavy atom. The Balaban J connectivity index is 1.54. The van der Waals surface area contributed by atoms with E-state index >= 15 is 0 Å². The van der Waals surface area contributed by atoms with Crippen molar-refractivity contribution in [2.45, 2.75) is 57.2 Å². The molecule has 1 N–H and O–H groups in total. The van der Waals surface area contributed by atoms with Gasteiger partial charge >= 0.3 is 5.97 Å². The van der Waals surface area contributed by atoms with Crippen molar-refractivity contribution in [3.05, 3.63) is 99.5 Å². The summed E-state index contributed by atoms with van der Waals surface area (Å²) in [6.07, 6.45) is 5.18. The molecule has 0 spiro atoms. The van der Waals surface area contributed by atoms with E-state index in [-0.39, 0.29) is 24.0 Å². The summed E-state index contributed by atoms with van der Waals surface area (Å²) in [6, 6.07) is 21.2. The highest BCUT2D eigenvalue weighted by atomic mass is 79.9. The van der Waals surface area contributed by atoms with E-state index in [0.29, 0.717) is 23.2 Å². The largest absolute Gasteiger partial charge is 0.482 e. The molecule has 4 atom stereocenters. The van der Waals surface area contributed by atoms with Crippen LogP contribution in [0.4, 0.5) is 0 Å². The van der Waals surface area contributed by atoms with E-state index in [4.69, 9.17) is 25.8 Å². The second-order valence-electron chi connectivity index (χ2n) is 10.9. The first-order valence-corrected chi connectivity index (χ1v) is 14.9. The van der Waals surface area contributed by atoms with Crippen LogP contribution in [0.15, 0.2) is 83.4 Å². The van der Waals surface area contributed by atoms with Gasteiger partial charge in [-0.3, -0.25) is 0 Å². The van der Waals surface area contributed by atoms with E-state index in [9.17, 15) is 9.90 Å². The van der Waals surface area contributed by atoms with Gasteiger partial charge in [0.25, 0.3) is 0 Å². The zero-order chi connectivity index (χ0) is 28.2. The van der Waals surface area contributed by atoms with Gasteiger partial charge in [-0.15, -0.1) is 0 Å². The highest BCUT2D eigenvalue weighted by Gasteiger charge is 2.44. The van der Waals surface area contributed by atoms with Crippen LogP contribution in [0.3, 0.4) is 0 Å². The molecule has 1 aliphatic carbocycles. The fourth-order valence-electron chi connectivity index (χ4n) is 6.12. The van der Waals surface area contributed by atoms with Crippen LogP contribution in [-0.2, 0) is 9.53 Å². The molecule has 0 radical (unpaired) electrons. The van der Waals surface area contributed by atoms with Crippen LogP contribution in [0, 0.1) is 11.8 Å². The third-order valence-electron chi connectivity index (χ3n) is 8.06. The predicted octanol–water partition coefficient (Wildman–Crippen LogP) is 9.35. The summed E-state index contributed by atoms with van der Waals surface area (Å²) in [4.78, 5) is 11.4. The van der Waals surface area contributed by atoms with Gasteiger partial charge in [-0.05, 0) is 92.3 Å². The van der Waals surface area contributed by atoms with Gasteiger partial charge in [-0.25, -0.2) is 4.79 Å². The first-order chi connectivity index (χ1) is 19.3. The van der Waals surface area contributed by atoms with Crippen molar-refractivity contribution in [2.24, 2.45) is 11.8 Å². The molecule has 210 valence electrons. The molecule has 1 heterocycles. The van der Waals surface area contributed by atoms with Crippen LogP contribution < -0.4 is 9.47 Å². The van der Waals surface area contributed by atoms with E-state index in [1.165, 1.54) is 18.4 Å². The number of halogens is 2. The smallest absolute Gasteiger partial charge is 0.341 e. The average Bonchev–Trinajstić information content (AvgIpc) is 3.48. The molecule has 2 aliphatic rings. The lowest BCUT2D eigenvalue weighted by Crippen LogP contribution is -2.40. The van der Waals surface area contributed by atoms with Crippen molar-refractivity contribution in [2.75, 3.05) is 6.61 Å². The minimum absolute atomic E-state index is 0.00607. The first-order valence-electron chi connectivity index (χ1n) is 13.8. The number of benzene rings is 3. The van der Waals surface area contributed by atoms with Gasteiger partial charge in [0.15, 0.2) is 6.61 Å². The maximum atomic E-state index is 11.4. The lowest BCUT2D eigenvalue weighted by Gasteiger charge is -2.45. The van der Waals surface area contributed by atoms with Crippen LogP contribution in [0.1, 0.15) is 62.2 Å². The molecule has 0 bridgehead atoms. The monoisotopic (exact) mass is 624 g/mol. The number of carbonyl (C=O) groups is 1. The van der Waals surface area contributed by atoms with Crippen LogP contribution >= 0.6 is 27.5 Å². The summed E-state index contributed by atoms with van der Waals surface area (Å²) >= 11 is 9.69. The average molecular weight is 626 g/mol. The predicted molar refractivity (Wildman–Crippen MR) is 160 cm³/mol. The van der Waals surface area contributed by atoms with E-state index in [0.717, 1.165) is 39.9 Å². The van der Waals surface area contributed by atoms with Crippen molar-refractivity contribution < 1.29 is 24.1 Å². The van der Waals surface area contributed by atoms with Gasteiger partial charge in [0.2, 0.25) is 0 Å². The summed E-state index contributed by atoms with van der Waals surface area (Å²) in [5.74, 6) is 1.41. The Hall–Kier alpha value is -2.80. The maximum absolute atomic E-state index is 11.4. The van der Waals surface area contributed by atoms with Crippen LogP contribution in [-0.4, -0.2) is 23.8 Å². The van der Waals surface area contributed by atoms with Gasteiger partial charge in [-0.1, -0.05) is 64.7 Å². The fourth-order valence-corrected chi connectivity index (χ4v) is 6.51. The van der Waals surface area contributed by atoms with Crippen molar-refractivity contribution in [3.63, 3.8) is 0 Å². The summed E-state index contributed by atoms with van der Waals surface area (Å²) in [7, 11) is 0. The van der Waals surface area contributed by atoms with Crippen molar-refractivity contribution >= 4 is 33.5 Å². The molecule has 1 aliphatic heterocycles. The molecule has 5 rings (SSSR count). The standard InChI is InChI=1S/C33H34BrClO5/c1-20(2)27-18-28(21-7-11-24(35)12-8-21)32(22-5-3-4-6-22)40-33(27)29-17-26(15-16-30(29)38-19-31(36)37)39-25-13-9-23(34)10-14-25/h7-17,22,27-28,32-33H,1,3-6,18-19H2,2H3,(H,36,37)/t27-,28-,32+,33+/m0/s1. The highest BCUT2D eigenvalue weighted by molar-refractivity contribution is 9.10. The second-order valence-corrected chi connectivity index (χ2v) is 12.2. The van der Waals surface area contributed by atoms with Gasteiger partial charge in [0, 0.05) is 26.9 Å². The molecular weight excluding hydrogens is 592 g/mol. The van der Waals surface area contributed by atoms with Crippen LogP contribution in [0.25, 0.3) is 0 Å². The quantitative estimate of drug-likeness (QED) is 0.240. The van der Waals surface area contributed by atoms with Gasteiger partial charge in [0.1, 0.15) is 17.2 Å². The Morgan fingerprint density at radius 2 is 1.73 bits per heavy atom. The number of rotatable bonds is 9. The molecule has 0 amide bonds. The van der Waals surface area contributed by atoms with E-state index in [1.807, 2.05) is 49.4 Å². The third kappa shape index (κ3) is 6.73. The number of carboxylic acid groups (broad SMARTS) is 1. The van der Waals surface area contributed by atoms with Gasteiger partial charge in [-0.2, -0.15) is 0 Å². The molecule has 5 nitrogen and oxygen atoms in total. The van der Waals surface area contributed by atoms with E-state index in [2.05, 4.69) is 34.6 Å². The normalized spacial score (nSPS) is 23.1. The summed E-state index contributed by atoms with van der Waals surface area (Å²) in [5.41, 5.74) is 3.01. The minimum Gasteiger partial charge on any atom is -0.482 e. The molecule has 0 aromatic heterocycles. The number of aliphatic carboxylic acids is 1. The van der Waals surface area contributed by atoms with Gasteiger partial charge in [0.05, 0.1) is 12.2 Å². The topological polar surface area (TPSA) is 65.0 Å². The molecule has 1 saturated carbocycles. The number of hydrogen-bond acceptors (Lipinski definition) is 4. The molecule has 3 aromatic carbocycles. The number of carboxylic acids is 1. The lowest BCUT2D eigenvalue weighted by atomic mass is 9.72.